The first-order valence-corrected chi connectivity index (χ1v) is 6.82. The van der Waals surface area contributed by atoms with E-state index in [4.69, 9.17) is 11.6 Å². The highest BCUT2D eigenvalue weighted by Gasteiger charge is 2.03. The summed E-state index contributed by atoms with van der Waals surface area (Å²) >= 11 is 9.23. The minimum atomic E-state index is 0.473. The van der Waals surface area contributed by atoms with Crippen molar-refractivity contribution < 1.29 is 0 Å². The maximum absolute atomic E-state index is 5.77. The second-order valence-corrected chi connectivity index (χ2v) is 5.32. The Labute approximate surface area is 123 Å². The Morgan fingerprint density at radius 2 is 1.95 bits per heavy atom. The van der Waals surface area contributed by atoms with Crippen LogP contribution in [0.25, 0.3) is 10.8 Å². The van der Waals surface area contributed by atoms with Crippen molar-refractivity contribution in [1.82, 2.24) is 9.97 Å². The topological polar surface area (TPSA) is 37.8 Å². The minimum absolute atomic E-state index is 0.473. The van der Waals surface area contributed by atoms with Crippen LogP contribution in [0.3, 0.4) is 0 Å². The fourth-order valence-electron chi connectivity index (χ4n) is 1.83. The van der Waals surface area contributed by atoms with Crippen molar-refractivity contribution >= 4 is 49.8 Å². The Balaban J connectivity index is 2.03. The summed E-state index contributed by atoms with van der Waals surface area (Å²) in [4.78, 5) is 8.40. The number of hydrogen-bond acceptors (Lipinski definition) is 3. The molecule has 0 amide bonds. The van der Waals surface area contributed by atoms with Crippen molar-refractivity contribution in [2.45, 2.75) is 0 Å². The Kier molecular flexibility index (Phi) is 3.36. The van der Waals surface area contributed by atoms with Crippen molar-refractivity contribution in [3.63, 3.8) is 0 Å². The van der Waals surface area contributed by atoms with E-state index in [1.165, 1.54) is 0 Å². The van der Waals surface area contributed by atoms with Crippen LogP contribution in [0.1, 0.15) is 0 Å². The van der Waals surface area contributed by atoms with E-state index in [-0.39, 0.29) is 0 Å². The molecule has 2 heterocycles. The monoisotopic (exact) mass is 333 g/mol. The van der Waals surface area contributed by atoms with Crippen LogP contribution in [0, 0.1) is 0 Å². The first kappa shape index (κ1) is 12.4. The average Bonchev–Trinajstić information content (AvgIpc) is 2.41. The molecule has 0 aliphatic rings. The Morgan fingerprint density at radius 1 is 1.05 bits per heavy atom. The molecule has 0 unspecified atom stereocenters. The van der Waals surface area contributed by atoms with Crippen molar-refractivity contribution in [3.05, 3.63) is 58.4 Å². The number of fused-ring (bicyclic) bond motifs is 1. The van der Waals surface area contributed by atoms with Crippen LogP contribution in [0.2, 0.25) is 5.15 Å². The molecule has 3 nitrogen and oxygen atoms in total. The molecule has 3 aromatic rings. The molecule has 0 radical (unpaired) electrons. The van der Waals surface area contributed by atoms with Gasteiger partial charge in [0, 0.05) is 16.1 Å². The predicted octanol–water partition coefficient (Wildman–Crippen LogP) is 4.79. The van der Waals surface area contributed by atoms with E-state index in [9.17, 15) is 0 Å². The average molecular weight is 335 g/mol. The van der Waals surface area contributed by atoms with Gasteiger partial charge in [-0.15, -0.1) is 0 Å². The van der Waals surface area contributed by atoms with Crippen molar-refractivity contribution in [1.29, 1.82) is 0 Å². The highest BCUT2D eigenvalue weighted by Crippen LogP contribution is 2.26. The lowest BCUT2D eigenvalue weighted by Crippen LogP contribution is -1.95. The number of halogens is 2. The summed E-state index contributed by atoms with van der Waals surface area (Å²) in [6.45, 7) is 0. The zero-order valence-corrected chi connectivity index (χ0v) is 12.1. The molecule has 5 heteroatoms. The number of pyridine rings is 2. The Bertz CT molecular complexity index is 728. The molecule has 0 aliphatic carbocycles. The van der Waals surface area contributed by atoms with Gasteiger partial charge in [0.2, 0.25) is 0 Å². The molecule has 1 N–H and O–H groups in total. The first-order chi connectivity index (χ1) is 9.22. The summed E-state index contributed by atoms with van der Waals surface area (Å²) in [5, 5.41) is 5.89. The van der Waals surface area contributed by atoms with E-state index in [1.54, 1.807) is 18.5 Å². The largest absolute Gasteiger partial charge is 0.338 e. The second-order valence-electron chi connectivity index (χ2n) is 4.02. The Hall–Kier alpha value is -1.65. The summed E-state index contributed by atoms with van der Waals surface area (Å²) in [6, 6.07) is 11.7. The molecule has 0 atom stereocenters. The summed E-state index contributed by atoms with van der Waals surface area (Å²) in [6.07, 6.45) is 3.46. The van der Waals surface area contributed by atoms with Gasteiger partial charge < -0.3 is 5.32 Å². The quantitative estimate of drug-likeness (QED) is 0.685. The minimum Gasteiger partial charge on any atom is -0.338 e. The van der Waals surface area contributed by atoms with Gasteiger partial charge in [0.15, 0.2) is 0 Å². The zero-order chi connectivity index (χ0) is 13.2. The van der Waals surface area contributed by atoms with Crippen LogP contribution in [-0.4, -0.2) is 9.97 Å². The molecule has 0 spiro atoms. The third-order valence-electron chi connectivity index (χ3n) is 2.72. The van der Waals surface area contributed by atoms with Gasteiger partial charge in [0.05, 0.1) is 11.9 Å². The van der Waals surface area contributed by atoms with Gasteiger partial charge in [-0.25, -0.2) is 9.97 Å². The molecule has 0 saturated carbocycles. The molecule has 0 bridgehead atoms. The van der Waals surface area contributed by atoms with Gasteiger partial charge in [-0.05, 0) is 41.8 Å². The van der Waals surface area contributed by atoms with Gasteiger partial charge in [0.25, 0.3) is 0 Å². The number of anilines is 2. The van der Waals surface area contributed by atoms with Crippen molar-refractivity contribution in [2.24, 2.45) is 0 Å². The van der Waals surface area contributed by atoms with E-state index in [0.717, 1.165) is 26.8 Å². The summed E-state index contributed by atoms with van der Waals surface area (Å²) in [7, 11) is 0. The third-order valence-corrected chi connectivity index (χ3v) is 3.43. The summed E-state index contributed by atoms with van der Waals surface area (Å²) in [5.74, 6) is 0.800. The van der Waals surface area contributed by atoms with Gasteiger partial charge in [0.1, 0.15) is 11.0 Å². The number of nitrogens with one attached hydrogen (secondary N) is 1. The molecule has 2 aromatic heterocycles. The van der Waals surface area contributed by atoms with Crippen molar-refractivity contribution in [3.8, 4) is 0 Å². The highest BCUT2D eigenvalue weighted by atomic mass is 79.9. The first-order valence-electron chi connectivity index (χ1n) is 5.65. The zero-order valence-electron chi connectivity index (χ0n) is 9.77. The molecule has 19 heavy (non-hydrogen) atoms. The highest BCUT2D eigenvalue weighted by molar-refractivity contribution is 9.10. The molecule has 0 saturated heterocycles. The molecule has 3 rings (SSSR count). The number of rotatable bonds is 2. The van der Waals surface area contributed by atoms with Crippen LogP contribution in [-0.2, 0) is 0 Å². The molecular weight excluding hydrogens is 326 g/mol. The van der Waals surface area contributed by atoms with Gasteiger partial charge in [-0.2, -0.15) is 0 Å². The van der Waals surface area contributed by atoms with E-state index < -0.39 is 0 Å². The lowest BCUT2D eigenvalue weighted by molar-refractivity contribution is 1.29. The van der Waals surface area contributed by atoms with Gasteiger partial charge in [-0.3, -0.25) is 0 Å². The van der Waals surface area contributed by atoms with Crippen LogP contribution in [0.4, 0.5) is 11.5 Å². The summed E-state index contributed by atoms with van der Waals surface area (Å²) < 4.78 is 1.05. The molecule has 0 aliphatic heterocycles. The Morgan fingerprint density at radius 3 is 2.74 bits per heavy atom. The maximum atomic E-state index is 5.77. The standard InChI is InChI=1S/C14H9BrClN3/c15-10-1-3-12-9(7-10)5-6-17-14(12)19-11-2-4-13(16)18-8-11/h1-8H,(H,17,19). The smallest absolute Gasteiger partial charge is 0.138 e. The lowest BCUT2D eigenvalue weighted by atomic mass is 10.1. The van der Waals surface area contributed by atoms with Crippen LogP contribution < -0.4 is 5.32 Å². The summed E-state index contributed by atoms with van der Waals surface area (Å²) in [5.41, 5.74) is 0.854. The predicted molar refractivity (Wildman–Crippen MR) is 82.0 cm³/mol. The normalized spacial score (nSPS) is 10.6. The number of benzene rings is 1. The SMILES string of the molecule is Clc1ccc(Nc2nccc3cc(Br)ccc23)cn1. The number of nitrogens with zero attached hydrogens (tertiary/aromatic N) is 2. The van der Waals surface area contributed by atoms with Gasteiger partial charge >= 0.3 is 0 Å². The van der Waals surface area contributed by atoms with E-state index in [0.29, 0.717) is 5.15 Å². The van der Waals surface area contributed by atoms with E-state index in [1.807, 2.05) is 24.3 Å². The van der Waals surface area contributed by atoms with Crippen LogP contribution in [0.15, 0.2) is 53.3 Å². The third kappa shape index (κ3) is 2.69. The van der Waals surface area contributed by atoms with Crippen molar-refractivity contribution in [2.75, 3.05) is 5.32 Å². The maximum Gasteiger partial charge on any atom is 0.138 e. The van der Waals surface area contributed by atoms with Gasteiger partial charge in [-0.1, -0.05) is 27.5 Å². The molecule has 0 fully saturated rings. The second kappa shape index (κ2) is 5.15. The van der Waals surface area contributed by atoms with Crippen LogP contribution >= 0.6 is 27.5 Å². The number of hydrogen-bond donors (Lipinski definition) is 1. The fraction of sp³-hybridized carbons (Fsp3) is 0. The molecular formula is C14H9BrClN3. The lowest BCUT2D eigenvalue weighted by Gasteiger charge is -2.08. The molecule has 94 valence electrons. The molecule has 1 aromatic carbocycles. The van der Waals surface area contributed by atoms with Crippen LogP contribution in [0.5, 0.6) is 0 Å². The van der Waals surface area contributed by atoms with E-state index >= 15 is 0 Å². The number of aromatic nitrogens is 2. The van der Waals surface area contributed by atoms with E-state index in [2.05, 4.69) is 37.3 Å². The fourth-order valence-corrected chi connectivity index (χ4v) is 2.33.